The normalized spacial score (nSPS) is 33.4. The summed E-state index contributed by atoms with van der Waals surface area (Å²) in [5.74, 6) is 1.67. The molecule has 1 saturated carbocycles. The maximum atomic E-state index is 4.11. The Hall–Kier alpha value is -0.850. The molecule has 1 aromatic rings. The second-order valence-electron chi connectivity index (χ2n) is 5.02. The van der Waals surface area contributed by atoms with Crippen LogP contribution >= 0.6 is 0 Å². The van der Waals surface area contributed by atoms with Gasteiger partial charge >= 0.3 is 0 Å². The Kier molecular flexibility index (Phi) is 1.24. The Bertz CT molecular complexity index is 354. The van der Waals surface area contributed by atoms with E-state index in [1.165, 1.54) is 24.0 Å². The molecule has 1 aromatic heterocycles. The van der Waals surface area contributed by atoms with E-state index in [0.29, 0.717) is 5.41 Å². The second kappa shape index (κ2) is 2.14. The Morgan fingerprint density at radius 1 is 1.54 bits per heavy atom. The highest BCUT2D eigenvalue weighted by Gasteiger charge is 2.52. The summed E-state index contributed by atoms with van der Waals surface area (Å²) in [4.78, 5) is 4.11. The quantitative estimate of drug-likeness (QED) is 0.586. The lowest BCUT2D eigenvalue weighted by Gasteiger charge is -2.57. The third-order valence-electron chi connectivity index (χ3n) is 4.20. The molecule has 13 heavy (non-hydrogen) atoms. The molecule has 1 fully saturated rings. The molecule has 2 atom stereocenters. The van der Waals surface area contributed by atoms with Gasteiger partial charge < -0.3 is 0 Å². The molecule has 0 aromatic carbocycles. The van der Waals surface area contributed by atoms with Crippen molar-refractivity contribution in [3.8, 4) is 0 Å². The molecule has 0 spiro atoms. The van der Waals surface area contributed by atoms with E-state index < -0.39 is 0 Å². The average molecular weight is 172 g/mol. The van der Waals surface area contributed by atoms with Crippen molar-refractivity contribution < 1.29 is 0 Å². The van der Waals surface area contributed by atoms with Crippen LogP contribution in [0.4, 0.5) is 0 Å². The van der Waals surface area contributed by atoms with Crippen molar-refractivity contribution in [2.75, 3.05) is 0 Å². The van der Waals surface area contributed by atoms with E-state index in [9.17, 15) is 0 Å². The first kappa shape index (κ1) is 7.54. The molecule has 1 nitrogen and oxygen atoms in total. The van der Waals surface area contributed by atoms with Gasteiger partial charge in [-0.3, -0.25) is 4.98 Å². The first-order chi connectivity index (χ1) is 6.19. The maximum absolute atomic E-state index is 4.11. The van der Waals surface area contributed by atoms with Crippen LogP contribution in [0.2, 0.25) is 0 Å². The zero-order valence-corrected chi connectivity index (χ0v) is 8.17. The zero-order chi connectivity index (χ0) is 9.05. The minimum atomic E-state index is 0.524. The third kappa shape index (κ3) is 0.800. The van der Waals surface area contributed by atoms with Crippen LogP contribution in [0.5, 0.6) is 0 Å². The molecule has 1 radical (unpaired) electrons. The molecule has 1 heteroatoms. The minimum absolute atomic E-state index is 0.524. The van der Waals surface area contributed by atoms with E-state index in [-0.39, 0.29) is 0 Å². The Balaban J connectivity index is 2.13. The zero-order valence-electron chi connectivity index (χ0n) is 8.17. The van der Waals surface area contributed by atoms with E-state index in [0.717, 1.165) is 11.8 Å². The summed E-state index contributed by atoms with van der Waals surface area (Å²) in [5, 5.41) is 0. The highest BCUT2D eigenvalue weighted by atomic mass is 14.7. The maximum Gasteiger partial charge on any atom is 0.0889 e. The van der Waals surface area contributed by atoms with Gasteiger partial charge in [0.15, 0.2) is 0 Å². The van der Waals surface area contributed by atoms with Crippen LogP contribution in [-0.4, -0.2) is 4.98 Å². The van der Waals surface area contributed by atoms with E-state index >= 15 is 0 Å². The van der Waals surface area contributed by atoms with Crippen molar-refractivity contribution in [1.29, 1.82) is 0 Å². The summed E-state index contributed by atoms with van der Waals surface area (Å²) in [7, 11) is 0. The summed E-state index contributed by atoms with van der Waals surface area (Å²) < 4.78 is 0. The number of nitrogens with zero attached hydrogens (tertiary/aromatic N) is 1. The van der Waals surface area contributed by atoms with Gasteiger partial charge in [0.25, 0.3) is 0 Å². The smallest absolute Gasteiger partial charge is 0.0889 e. The van der Waals surface area contributed by atoms with Gasteiger partial charge in [-0.05, 0) is 47.3 Å². The van der Waals surface area contributed by atoms with Gasteiger partial charge in [0.2, 0.25) is 0 Å². The molecule has 1 heterocycles. The van der Waals surface area contributed by atoms with Gasteiger partial charge in [-0.2, -0.15) is 0 Å². The fourth-order valence-electron chi connectivity index (χ4n) is 3.03. The Morgan fingerprint density at radius 3 is 3.15 bits per heavy atom. The summed E-state index contributed by atoms with van der Waals surface area (Å²) >= 11 is 0. The van der Waals surface area contributed by atoms with Crippen LogP contribution in [-0.2, 0) is 6.42 Å². The standard InChI is InChI=1S/C12H14N/c1-12(2)9-5-8-3-4-13-7-10(8)11(12)6-9/h3,7,9,11H,5-6H2,1-2H3/t9-,11-/m0/s1. The molecule has 4 rings (SSSR count). The van der Waals surface area contributed by atoms with Crippen LogP contribution in [0, 0.1) is 17.5 Å². The molecule has 0 N–H and O–H groups in total. The summed E-state index contributed by atoms with van der Waals surface area (Å²) in [6.45, 7) is 4.79. The van der Waals surface area contributed by atoms with E-state index in [4.69, 9.17) is 0 Å². The van der Waals surface area contributed by atoms with Crippen LogP contribution in [0.25, 0.3) is 0 Å². The highest BCUT2D eigenvalue weighted by molar-refractivity contribution is 5.37. The van der Waals surface area contributed by atoms with Crippen LogP contribution in [0.3, 0.4) is 0 Å². The molecule has 0 saturated heterocycles. The molecule has 0 unspecified atom stereocenters. The van der Waals surface area contributed by atoms with Crippen molar-refractivity contribution >= 4 is 0 Å². The molecule has 0 aliphatic heterocycles. The molecule has 3 aliphatic carbocycles. The fraction of sp³-hybridized carbons (Fsp3) is 0.583. The monoisotopic (exact) mass is 172 g/mol. The minimum Gasteiger partial charge on any atom is -0.254 e. The van der Waals surface area contributed by atoms with Crippen LogP contribution < -0.4 is 0 Å². The first-order valence-electron chi connectivity index (χ1n) is 5.04. The van der Waals surface area contributed by atoms with Crippen molar-refractivity contribution in [1.82, 2.24) is 4.98 Å². The SMILES string of the molecule is CC1(C)[C@H]2Cc3c[c]ncc3[C@@H]1C2. The summed E-state index contributed by atoms with van der Waals surface area (Å²) in [6.07, 6.45) is 7.59. The van der Waals surface area contributed by atoms with Crippen LogP contribution in [0.1, 0.15) is 37.3 Å². The molecular weight excluding hydrogens is 158 g/mol. The molecule has 0 amide bonds. The lowest BCUT2D eigenvalue weighted by Crippen LogP contribution is -2.48. The summed E-state index contributed by atoms with van der Waals surface area (Å²) in [5.41, 5.74) is 3.51. The number of aromatic nitrogens is 1. The van der Waals surface area contributed by atoms with Crippen molar-refractivity contribution in [3.05, 3.63) is 29.6 Å². The predicted octanol–water partition coefficient (Wildman–Crippen LogP) is 2.57. The number of hydrogen-bond donors (Lipinski definition) is 0. The van der Waals surface area contributed by atoms with Gasteiger partial charge in [0.1, 0.15) is 0 Å². The van der Waals surface area contributed by atoms with Gasteiger partial charge in [-0.15, -0.1) is 0 Å². The Morgan fingerprint density at radius 2 is 2.38 bits per heavy atom. The second-order valence-corrected chi connectivity index (χ2v) is 5.02. The highest BCUT2D eigenvalue weighted by Crippen LogP contribution is 2.61. The predicted molar refractivity (Wildman–Crippen MR) is 51.4 cm³/mol. The number of pyridine rings is 1. The topological polar surface area (TPSA) is 12.9 Å². The lowest BCUT2D eigenvalue weighted by molar-refractivity contribution is 0.0182. The molecular formula is C12H14N. The first-order valence-corrected chi connectivity index (χ1v) is 5.04. The average Bonchev–Trinajstić information content (AvgIpc) is 2.16. The van der Waals surface area contributed by atoms with Gasteiger partial charge in [0, 0.05) is 6.20 Å². The fourth-order valence-corrected chi connectivity index (χ4v) is 3.03. The lowest BCUT2D eigenvalue weighted by atomic mass is 9.48. The van der Waals surface area contributed by atoms with Gasteiger partial charge in [-0.1, -0.05) is 13.8 Å². The largest absolute Gasteiger partial charge is 0.254 e. The third-order valence-corrected chi connectivity index (χ3v) is 4.20. The van der Waals surface area contributed by atoms with Crippen molar-refractivity contribution in [2.45, 2.75) is 32.6 Å². The molecule has 67 valence electrons. The molecule has 3 aliphatic rings. The van der Waals surface area contributed by atoms with Gasteiger partial charge in [0.05, 0.1) is 6.20 Å². The van der Waals surface area contributed by atoms with E-state index in [2.05, 4.69) is 31.1 Å². The van der Waals surface area contributed by atoms with E-state index in [1.807, 2.05) is 6.20 Å². The van der Waals surface area contributed by atoms with E-state index in [1.54, 1.807) is 0 Å². The Labute approximate surface area is 79.2 Å². The van der Waals surface area contributed by atoms with Crippen molar-refractivity contribution in [2.24, 2.45) is 11.3 Å². The molecule has 2 bridgehead atoms. The number of rotatable bonds is 0. The van der Waals surface area contributed by atoms with Gasteiger partial charge in [-0.25, -0.2) is 0 Å². The van der Waals surface area contributed by atoms with Crippen LogP contribution in [0.15, 0.2) is 12.3 Å². The number of hydrogen-bond acceptors (Lipinski definition) is 1. The summed E-state index contributed by atoms with van der Waals surface area (Å²) in [6, 6.07) is 2.07. The van der Waals surface area contributed by atoms with Crippen molar-refractivity contribution in [3.63, 3.8) is 0 Å².